The van der Waals surface area contributed by atoms with Crippen LogP contribution in [0.2, 0.25) is 0 Å². The van der Waals surface area contributed by atoms with Crippen molar-refractivity contribution in [3.05, 3.63) is 65.0 Å². The molecule has 0 spiro atoms. The third-order valence-electron chi connectivity index (χ3n) is 4.59. The topological polar surface area (TPSA) is 32.3 Å². The van der Waals surface area contributed by atoms with E-state index >= 15 is 0 Å². The molecule has 0 aliphatic carbocycles. The number of nitrogens with zero attached hydrogens (tertiary/aromatic N) is 1. The Balaban J connectivity index is 0.00000156. The average Bonchev–Trinajstić information content (AvgIpc) is 2.96. The summed E-state index contributed by atoms with van der Waals surface area (Å²) in [7, 11) is 0. The Morgan fingerprint density at radius 1 is 1.13 bits per heavy atom. The molecule has 2 aromatic carbocycles. The van der Waals surface area contributed by atoms with Crippen LogP contribution in [0, 0.1) is 5.82 Å². The molecule has 2 aromatic rings. The smallest absolute Gasteiger partial charge is 0.244 e. The van der Waals surface area contributed by atoms with Crippen molar-refractivity contribution < 1.29 is 9.18 Å². The predicted molar refractivity (Wildman–Crippen MR) is 90.5 cm³/mol. The highest BCUT2D eigenvalue weighted by molar-refractivity contribution is 5.99. The highest BCUT2D eigenvalue weighted by Crippen LogP contribution is 2.30. The van der Waals surface area contributed by atoms with Crippen LogP contribution in [-0.2, 0) is 24.2 Å². The van der Waals surface area contributed by atoms with E-state index in [1.54, 1.807) is 11.0 Å². The zero-order valence-electron chi connectivity index (χ0n) is 12.6. The van der Waals surface area contributed by atoms with Crippen molar-refractivity contribution in [3.63, 3.8) is 0 Å². The fourth-order valence-corrected chi connectivity index (χ4v) is 3.40. The second-order valence-corrected chi connectivity index (χ2v) is 5.92. The molecule has 2 aliphatic rings. The van der Waals surface area contributed by atoms with Crippen molar-refractivity contribution in [2.45, 2.75) is 25.4 Å². The number of carbonyl (C=O) groups excluding carboxylic acids is 1. The number of halogens is 2. The molecule has 4 rings (SSSR count). The van der Waals surface area contributed by atoms with Gasteiger partial charge in [0.15, 0.2) is 0 Å². The van der Waals surface area contributed by atoms with E-state index in [4.69, 9.17) is 0 Å². The molecule has 0 bridgehead atoms. The number of hydrogen-bond acceptors (Lipinski definition) is 2. The first-order valence-corrected chi connectivity index (χ1v) is 7.62. The van der Waals surface area contributed by atoms with Crippen LogP contribution in [0.3, 0.4) is 0 Å². The Morgan fingerprint density at radius 2 is 1.91 bits per heavy atom. The molecule has 1 N–H and O–H groups in total. The Labute approximate surface area is 140 Å². The van der Waals surface area contributed by atoms with Gasteiger partial charge in [-0.1, -0.05) is 30.3 Å². The maximum atomic E-state index is 13.5. The molecule has 2 heterocycles. The lowest BCUT2D eigenvalue weighted by Gasteiger charge is -2.29. The summed E-state index contributed by atoms with van der Waals surface area (Å²) in [5.74, 6) is -0.251. The summed E-state index contributed by atoms with van der Waals surface area (Å²) >= 11 is 0. The highest BCUT2D eigenvalue weighted by atomic mass is 35.5. The van der Waals surface area contributed by atoms with Gasteiger partial charge >= 0.3 is 0 Å². The van der Waals surface area contributed by atoms with Gasteiger partial charge < -0.3 is 10.2 Å². The molecule has 0 radical (unpaired) electrons. The molecule has 0 fully saturated rings. The Kier molecular flexibility index (Phi) is 4.37. The third-order valence-corrected chi connectivity index (χ3v) is 4.59. The Hall–Kier alpha value is -1.91. The predicted octanol–water partition coefficient (Wildman–Crippen LogP) is 2.85. The van der Waals surface area contributed by atoms with Crippen LogP contribution < -0.4 is 10.2 Å². The Morgan fingerprint density at radius 3 is 2.74 bits per heavy atom. The largest absolute Gasteiger partial charge is 0.310 e. The van der Waals surface area contributed by atoms with Crippen molar-refractivity contribution >= 4 is 24.0 Å². The monoisotopic (exact) mass is 332 g/mol. The van der Waals surface area contributed by atoms with Gasteiger partial charge in [-0.2, -0.15) is 0 Å². The second-order valence-electron chi connectivity index (χ2n) is 5.92. The third kappa shape index (κ3) is 2.84. The van der Waals surface area contributed by atoms with Gasteiger partial charge in [0, 0.05) is 18.8 Å². The molecule has 1 atom stereocenters. The zero-order valence-corrected chi connectivity index (χ0v) is 13.4. The Bertz CT molecular complexity index is 750. The molecule has 1 unspecified atom stereocenters. The average molecular weight is 333 g/mol. The van der Waals surface area contributed by atoms with Crippen molar-refractivity contribution in [1.29, 1.82) is 0 Å². The second kappa shape index (κ2) is 6.30. The number of benzene rings is 2. The minimum absolute atomic E-state index is 0. The molecular formula is C18H18ClFN2O. The van der Waals surface area contributed by atoms with E-state index in [2.05, 4.69) is 17.4 Å². The molecule has 120 valence electrons. The number of nitrogens with one attached hydrogen (secondary N) is 1. The number of hydrogen-bond donors (Lipinski definition) is 1. The van der Waals surface area contributed by atoms with E-state index in [-0.39, 0.29) is 30.2 Å². The lowest BCUT2D eigenvalue weighted by molar-refractivity contribution is -0.120. The van der Waals surface area contributed by atoms with Crippen molar-refractivity contribution in [2.75, 3.05) is 11.4 Å². The summed E-state index contributed by atoms with van der Waals surface area (Å²) in [5.41, 5.74) is 4.24. The summed E-state index contributed by atoms with van der Waals surface area (Å²) < 4.78 is 13.5. The van der Waals surface area contributed by atoms with E-state index < -0.39 is 0 Å². The van der Waals surface area contributed by atoms with Gasteiger partial charge in [0.05, 0.1) is 6.04 Å². The van der Waals surface area contributed by atoms with Crippen LogP contribution in [0.1, 0.15) is 16.7 Å². The fourth-order valence-electron chi connectivity index (χ4n) is 3.40. The van der Waals surface area contributed by atoms with Crippen molar-refractivity contribution in [3.8, 4) is 0 Å². The van der Waals surface area contributed by atoms with E-state index in [0.717, 1.165) is 17.7 Å². The summed E-state index contributed by atoms with van der Waals surface area (Å²) in [4.78, 5) is 14.6. The summed E-state index contributed by atoms with van der Waals surface area (Å²) in [6, 6.07) is 12.7. The zero-order chi connectivity index (χ0) is 15.1. The maximum Gasteiger partial charge on any atom is 0.244 e. The molecular weight excluding hydrogens is 315 g/mol. The molecule has 3 nitrogen and oxygen atoms in total. The van der Waals surface area contributed by atoms with E-state index in [9.17, 15) is 9.18 Å². The molecule has 23 heavy (non-hydrogen) atoms. The normalized spacial score (nSPS) is 18.8. The minimum Gasteiger partial charge on any atom is -0.310 e. The van der Waals surface area contributed by atoms with Crippen LogP contribution in [0.5, 0.6) is 0 Å². The highest BCUT2D eigenvalue weighted by Gasteiger charge is 2.32. The minimum atomic E-state index is -0.291. The van der Waals surface area contributed by atoms with Gasteiger partial charge in [-0.15, -0.1) is 12.4 Å². The van der Waals surface area contributed by atoms with Crippen LogP contribution in [0.25, 0.3) is 0 Å². The lowest BCUT2D eigenvalue weighted by atomic mass is 9.95. The van der Waals surface area contributed by atoms with Gasteiger partial charge in [0.2, 0.25) is 5.91 Å². The van der Waals surface area contributed by atoms with E-state index in [1.165, 1.54) is 23.3 Å². The van der Waals surface area contributed by atoms with Crippen LogP contribution in [-0.4, -0.2) is 18.5 Å². The number of anilines is 1. The standard InChI is InChI=1S/C18H17FN2O.ClH/c19-15-6-5-12-7-8-21(17(12)10-15)18(22)16-9-13-3-1-2-4-14(13)11-20-16;/h1-6,10,16,20H,7-9,11H2;1H. The van der Waals surface area contributed by atoms with Gasteiger partial charge in [0.25, 0.3) is 0 Å². The van der Waals surface area contributed by atoms with Crippen molar-refractivity contribution in [2.24, 2.45) is 0 Å². The maximum absolute atomic E-state index is 13.5. The SMILES string of the molecule is Cl.O=C(C1Cc2ccccc2CN1)N1CCc2ccc(F)cc21. The van der Waals surface area contributed by atoms with Gasteiger partial charge in [-0.05, 0) is 41.7 Å². The molecule has 0 saturated carbocycles. The van der Waals surface area contributed by atoms with E-state index in [0.29, 0.717) is 19.5 Å². The number of amides is 1. The summed E-state index contributed by atoms with van der Waals surface area (Å²) in [5, 5.41) is 3.31. The first-order chi connectivity index (χ1) is 10.7. The summed E-state index contributed by atoms with van der Waals surface area (Å²) in [6.45, 7) is 1.34. The van der Waals surface area contributed by atoms with Gasteiger partial charge in [-0.25, -0.2) is 4.39 Å². The van der Waals surface area contributed by atoms with Crippen molar-refractivity contribution in [1.82, 2.24) is 5.32 Å². The molecule has 2 aliphatic heterocycles. The molecule has 0 saturated heterocycles. The molecule has 5 heteroatoms. The lowest BCUT2D eigenvalue weighted by Crippen LogP contribution is -2.49. The first kappa shape index (κ1) is 16.0. The van der Waals surface area contributed by atoms with Crippen LogP contribution in [0.15, 0.2) is 42.5 Å². The fraction of sp³-hybridized carbons (Fsp3) is 0.278. The first-order valence-electron chi connectivity index (χ1n) is 7.62. The van der Waals surface area contributed by atoms with Gasteiger partial charge in [-0.3, -0.25) is 4.79 Å². The van der Waals surface area contributed by atoms with Gasteiger partial charge in [0.1, 0.15) is 5.82 Å². The number of rotatable bonds is 1. The number of carbonyl (C=O) groups is 1. The quantitative estimate of drug-likeness (QED) is 0.871. The number of fused-ring (bicyclic) bond motifs is 2. The van der Waals surface area contributed by atoms with Crippen LogP contribution >= 0.6 is 12.4 Å². The van der Waals surface area contributed by atoms with E-state index in [1.807, 2.05) is 12.1 Å². The summed E-state index contributed by atoms with van der Waals surface area (Å²) in [6.07, 6.45) is 1.49. The molecule has 1 amide bonds. The molecule has 0 aromatic heterocycles. The van der Waals surface area contributed by atoms with Crippen LogP contribution in [0.4, 0.5) is 10.1 Å².